The zero-order valence-electron chi connectivity index (χ0n) is 14.2. The highest BCUT2D eigenvalue weighted by Crippen LogP contribution is 2.39. The molecule has 0 radical (unpaired) electrons. The molecular formula is C20H12N2O6. The van der Waals surface area contributed by atoms with Crippen LogP contribution in [0.4, 0.5) is 17.1 Å². The summed E-state index contributed by atoms with van der Waals surface area (Å²) in [6.07, 6.45) is 0. The number of benzene rings is 3. The van der Waals surface area contributed by atoms with Crippen LogP contribution in [0, 0.1) is 10.1 Å². The van der Waals surface area contributed by atoms with Gasteiger partial charge in [-0.25, -0.2) is 0 Å². The number of para-hydroxylation sites is 1. The third kappa shape index (κ3) is 2.64. The predicted molar refractivity (Wildman–Crippen MR) is 99.5 cm³/mol. The standard InChI is InChI=1S/C20H12N2O6/c23-11-6-14-18(17(24)7-11)20(26)12-8-15(21-10-4-2-1-3-5-10)16(22(27)28)9-13(12)19(14)25/h1-9,21,23-24H. The Morgan fingerprint density at radius 3 is 2.21 bits per heavy atom. The van der Waals surface area contributed by atoms with E-state index in [2.05, 4.69) is 5.32 Å². The summed E-state index contributed by atoms with van der Waals surface area (Å²) in [5, 5.41) is 34.1. The molecule has 0 saturated carbocycles. The molecule has 1 aliphatic rings. The molecule has 0 saturated heterocycles. The number of rotatable bonds is 3. The van der Waals surface area contributed by atoms with Crippen LogP contribution in [-0.4, -0.2) is 26.7 Å². The lowest BCUT2D eigenvalue weighted by atomic mass is 9.83. The zero-order valence-corrected chi connectivity index (χ0v) is 14.2. The molecule has 0 spiro atoms. The molecule has 0 aliphatic heterocycles. The average Bonchev–Trinajstić information content (AvgIpc) is 2.66. The van der Waals surface area contributed by atoms with Crippen LogP contribution in [0.25, 0.3) is 0 Å². The lowest BCUT2D eigenvalue weighted by Gasteiger charge is -2.19. The van der Waals surface area contributed by atoms with E-state index in [1.807, 2.05) is 0 Å². The van der Waals surface area contributed by atoms with Gasteiger partial charge in [-0.1, -0.05) is 18.2 Å². The Morgan fingerprint density at radius 1 is 0.857 bits per heavy atom. The van der Waals surface area contributed by atoms with Gasteiger partial charge in [0.2, 0.25) is 0 Å². The van der Waals surface area contributed by atoms with Crippen molar-refractivity contribution in [3.05, 3.63) is 87.0 Å². The fourth-order valence-electron chi connectivity index (χ4n) is 3.20. The Hall–Kier alpha value is -4.20. The van der Waals surface area contributed by atoms with Crippen molar-refractivity contribution in [3.63, 3.8) is 0 Å². The first kappa shape index (κ1) is 17.2. The van der Waals surface area contributed by atoms with Crippen molar-refractivity contribution in [2.45, 2.75) is 0 Å². The van der Waals surface area contributed by atoms with Crippen LogP contribution in [0.15, 0.2) is 54.6 Å². The number of carbonyl (C=O) groups is 2. The second-order valence-electron chi connectivity index (χ2n) is 6.21. The van der Waals surface area contributed by atoms with Gasteiger partial charge in [0, 0.05) is 34.5 Å². The molecule has 138 valence electrons. The summed E-state index contributed by atoms with van der Waals surface area (Å²) in [5.74, 6) is -2.27. The number of nitrogens with zero attached hydrogens (tertiary/aromatic N) is 1. The molecule has 1 aliphatic carbocycles. The van der Waals surface area contributed by atoms with Gasteiger partial charge in [0.05, 0.1) is 10.5 Å². The van der Waals surface area contributed by atoms with Crippen molar-refractivity contribution in [2.24, 2.45) is 0 Å². The number of phenolic OH excluding ortho intramolecular Hbond substituents is 2. The van der Waals surface area contributed by atoms with Gasteiger partial charge in [-0.05, 0) is 24.3 Å². The Morgan fingerprint density at radius 2 is 1.54 bits per heavy atom. The number of hydrogen-bond acceptors (Lipinski definition) is 7. The van der Waals surface area contributed by atoms with E-state index >= 15 is 0 Å². The second-order valence-corrected chi connectivity index (χ2v) is 6.21. The highest BCUT2D eigenvalue weighted by molar-refractivity contribution is 6.30. The van der Waals surface area contributed by atoms with Gasteiger partial charge in [-0.15, -0.1) is 0 Å². The monoisotopic (exact) mass is 376 g/mol. The quantitative estimate of drug-likeness (QED) is 0.368. The molecule has 3 aromatic rings. The summed E-state index contributed by atoms with van der Waals surface area (Å²) in [5.41, 5.74) is -0.444. The second kappa shape index (κ2) is 6.20. The fraction of sp³-hybridized carbons (Fsp3) is 0. The lowest BCUT2D eigenvalue weighted by molar-refractivity contribution is -0.383. The molecule has 0 fully saturated rings. The van der Waals surface area contributed by atoms with Gasteiger partial charge in [0.25, 0.3) is 5.69 Å². The maximum absolute atomic E-state index is 12.9. The summed E-state index contributed by atoms with van der Waals surface area (Å²) in [6, 6.07) is 12.9. The topological polar surface area (TPSA) is 130 Å². The number of nitrogens with one attached hydrogen (secondary N) is 1. The van der Waals surface area contributed by atoms with E-state index in [-0.39, 0.29) is 33.6 Å². The van der Waals surface area contributed by atoms with Crippen LogP contribution in [0.1, 0.15) is 31.8 Å². The van der Waals surface area contributed by atoms with E-state index in [4.69, 9.17) is 0 Å². The average molecular weight is 376 g/mol. The van der Waals surface area contributed by atoms with E-state index in [9.17, 15) is 29.9 Å². The Balaban J connectivity index is 1.92. The van der Waals surface area contributed by atoms with E-state index in [0.717, 1.165) is 18.2 Å². The summed E-state index contributed by atoms with van der Waals surface area (Å²) in [4.78, 5) is 36.5. The van der Waals surface area contributed by atoms with Gasteiger partial charge in [0.1, 0.15) is 17.2 Å². The molecule has 28 heavy (non-hydrogen) atoms. The molecule has 0 atom stereocenters. The SMILES string of the molecule is O=C1c2cc([N+](=O)[O-])c(Nc3ccccc3)cc2C(=O)c2c(O)cc(O)cc21. The third-order valence-electron chi connectivity index (χ3n) is 4.45. The number of phenols is 2. The molecule has 0 aromatic heterocycles. The maximum Gasteiger partial charge on any atom is 0.293 e. The Labute approximate surface area is 157 Å². The largest absolute Gasteiger partial charge is 0.508 e. The molecule has 0 amide bonds. The first-order valence-electron chi connectivity index (χ1n) is 8.16. The summed E-state index contributed by atoms with van der Waals surface area (Å²) in [6.45, 7) is 0. The molecule has 0 unspecified atom stereocenters. The molecule has 4 rings (SSSR count). The van der Waals surface area contributed by atoms with E-state index in [1.165, 1.54) is 6.07 Å². The van der Waals surface area contributed by atoms with Crippen molar-refractivity contribution in [1.82, 2.24) is 0 Å². The van der Waals surface area contributed by atoms with Gasteiger partial charge in [0.15, 0.2) is 11.6 Å². The van der Waals surface area contributed by atoms with Crippen molar-refractivity contribution in [1.29, 1.82) is 0 Å². The highest BCUT2D eigenvalue weighted by atomic mass is 16.6. The van der Waals surface area contributed by atoms with Gasteiger partial charge < -0.3 is 15.5 Å². The molecule has 0 heterocycles. The van der Waals surface area contributed by atoms with Crippen LogP contribution < -0.4 is 5.32 Å². The normalized spacial score (nSPS) is 12.3. The van der Waals surface area contributed by atoms with E-state index in [1.54, 1.807) is 30.3 Å². The highest BCUT2D eigenvalue weighted by Gasteiger charge is 2.35. The van der Waals surface area contributed by atoms with Crippen LogP contribution in [0.5, 0.6) is 11.5 Å². The van der Waals surface area contributed by atoms with Crippen LogP contribution >= 0.6 is 0 Å². The zero-order chi connectivity index (χ0) is 20.0. The number of aromatic hydroxyl groups is 2. The number of carbonyl (C=O) groups excluding carboxylic acids is 2. The molecular weight excluding hydrogens is 364 g/mol. The minimum Gasteiger partial charge on any atom is -0.508 e. The van der Waals surface area contributed by atoms with Gasteiger partial charge in [-0.2, -0.15) is 0 Å². The molecule has 3 aromatic carbocycles. The maximum atomic E-state index is 12.9. The summed E-state index contributed by atoms with van der Waals surface area (Å²) >= 11 is 0. The first-order valence-corrected chi connectivity index (χ1v) is 8.16. The van der Waals surface area contributed by atoms with E-state index < -0.39 is 28.0 Å². The predicted octanol–water partition coefficient (Wildman–Crippen LogP) is 3.53. The number of ketones is 2. The Kier molecular flexibility index (Phi) is 3.82. The smallest absolute Gasteiger partial charge is 0.293 e. The number of hydrogen-bond donors (Lipinski definition) is 3. The third-order valence-corrected chi connectivity index (χ3v) is 4.45. The summed E-state index contributed by atoms with van der Waals surface area (Å²) in [7, 11) is 0. The molecule has 8 heteroatoms. The number of anilines is 2. The van der Waals surface area contributed by atoms with Crippen molar-refractivity contribution < 1.29 is 24.7 Å². The van der Waals surface area contributed by atoms with Crippen molar-refractivity contribution in [3.8, 4) is 11.5 Å². The lowest BCUT2D eigenvalue weighted by Crippen LogP contribution is -2.21. The van der Waals surface area contributed by atoms with Crippen molar-refractivity contribution >= 4 is 28.6 Å². The minimum absolute atomic E-state index is 0.0396. The number of nitro groups is 1. The van der Waals surface area contributed by atoms with Gasteiger partial charge in [-0.3, -0.25) is 19.7 Å². The number of fused-ring (bicyclic) bond motifs is 2. The number of nitro benzene ring substituents is 1. The van der Waals surface area contributed by atoms with Crippen LogP contribution in [0.2, 0.25) is 0 Å². The summed E-state index contributed by atoms with van der Waals surface area (Å²) < 4.78 is 0. The molecule has 3 N–H and O–H groups in total. The first-order chi connectivity index (χ1) is 13.4. The minimum atomic E-state index is -0.690. The van der Waals surface area contributed by atoms with Crippen LogP contribution in [0.3, 0.4) is 0 Å². The van der Waals surface area contributed by atoms with Gasteiger partial charge >= 0.3 is 0 Å². The van der Waals surface area contributed by atoms with Crippen LogP contribution in [-0.2, 0) is 0 Å². The molecule has 0 bridgehead atoms. The van der Waals surface area contributed by atoms with Crippen molar-refractivity contribution in [2.75, 3.05) is 5.32 Å². The Bertz CT molecular complexity index is 1170. The van der Waals surface area contributed by atoms with E-state index in [0.29, 0.717) is 5.69 Å². The molecule has 8 nitrogen and oxygen atoms in total. The fourth-order valence-corrected chi connectivity index (χ4v) is 3.20.